The van der Waals surface area contributed by atoms with Crippen LogP contribution in [0.3, 0.4) is 0 Å². The Balaban J connectivity index is 0.000000821. The predicted molar refractivity (Wildman–Crippen MR) is 139 cm³/mol. The first-order valence-corrected chi connectivity index (χ1v) is 13.5. The van der Waals surface area contributed by atoms with Gasteiger partial charge in [-0.25, -0.2) is 0 Å². The molecule has 3 heterocycles. The lowest BCUT2D eigenvalue weighted by Crippen LogP contribution is -2.51. The third-order valence-corrected chi connectivity index (χ3v) is 7.89. The molecule has 0 unspecified atom stereocenters. The molecule has 2 saturated heterocycles. The van der Waals surface area contributed by atoms with Gasteiger partial charge >= 0.3 is 0 Å². The van der Waals surface area contributed by atoms with Crippen molar-refractivity contribution < 1.29 is 14.4 Å². The third kappa shape index (κ3) is 4.63. The van der Waals surface area contributed by atoms with Crippen LogP contribution in [0.25, 0.3) is 0 Å². The molecule has 3 aliphatic heterocycles. The first kappa shape index (κ1) is 24.7. The van der Waals surface area contributed by atoms with Gasteiger partial charge in [0.05, 0.1) is 22.9 Å². The van der Waals surface area contributed by atoms with Gasteiger partial charge in [-0.1, -0.05) is 25.0 Å². The molecule has 4 atom stereocenters. The number of rotatable bonds is 3. The van der Waals surface area contributed by atoms with E-state index in [4.69, 9.17) is 23.2 Å². The number of alkyl halides is 2. The molecule has 1 aromatic carbocycles. The van der Waals surface area contributed by atoms with Crippen molar-refractivity contribution in [2.24, 2.45) is 17.8 Å². The molecule has 8 heteroatoms. The summed E-state index contributed by atoms with van der Waals surface area (Å²) >= 11 is 11.8. The van der Waals surface area contributed by atoms with Crippen LogP contribution < -0.4 is 4.90 Å². The summed E-state index contributed by atoms with van der Waals surface area (Å²) in [6.07, 6.45) is 7.82. The smallest absolute Gasteiger partial charge is 0.246 e. The van der Waals surface area contributed by atoms with Crippen molar-refractivity contribution >= 4 is 69.2 Å². The second-order valence-electron chi connectivity index (χ2n) is 8.90. The summed E-state index contributed by atoms with van der Waals surface area (Å²) in [5, 5.41) is 0.194. The first-order valence-electron chi connectivity index (χ1n) is 11.3. The van der Waals surface area contributed by atoms with Crippen LogP contribution >= 0.6 is 45.8 Å². The van der Waals surface area contributed by atoms with E-state index in [0.717, 1.165) is 29.3 Å². The van der Waals surface area contributed by atoms with Crippen molar-refractivity contribution in [2.75, 3.05) is 16.8 Å². The summed E-state index contributed by atoms with van der Waals surface area (Å²) in [5.41, 5.74) is 3.23. The number of amides is 3. The van der Waals surface area contributed by atoms with Gasteiger partial charge in [0, 0.05) is 16.2 Å². The van der Waals surface area contributed by atoms with Crippen molar-refractivity contribution in [3.8, 4) is 0 Å². The summed E-state index contributed by atoms with van der Waals surface area (Å²) < 4.78 is 1.07. The van der Waals surface area contributed by atoms with E-state index in [1.165, 1.54) is 16.0 Å². The number of hydrogen-bond acceptors (Lipinski definition) is 3. The second kappa shape index (κ2) is 10.5. The Kier molecular flexibility index (Phi) is 7.86. The summed E-state index contributed by atoms with van der Waals surface area (Å²) in [7, 11) is 0. The summed E-state index contributed by atoms with van der Waals surface area (Å²) in [6, 6.07) is 7.73. The maximum absolute atomic E-state index is 13.6. The van der Waals surface area contributed by atoms with Crippen LogP contribution in [0.1, 0.15) is 39.0 Å². The fraction of sp³-hybridized carbons (Fsp3) is 0.480. The average molecular weight is 601 g/mol. The minimum absolute atomic E-state index is 0.0547. The molecule has 2 fully saturated rings. The van der Waals surface area contributed by atoms with Gasteiger partial charge in [0.1, 0.15) is 0 Å². The van der Waals surface area contributed by atoms with Gasteiger partial charge in [0.25, 0.3) is 0 Å². The topological polar surface area (TPSA) is 57.7 Å². The predicted octanol–water partition coefficient (Wildman–Crippen LogP) is 5.50. The molecular weight excluding hydrogens is 574 g/mol. The highest BCUT2D eigenvalue weighted by Gasteiger charge is 2.56. The Morgan fingerprint density at radius 3 is 2.42 bits per heavy atom. The van der Waals surface area contributed by atoms with Gasteiger partial charge in [0.15, 0.2) is 0 Å². The molecule has 5 rings (SSSR count). The number of carbonyl (C=O) groups excluding carboxylic acids is 3. The molecule has 0 saturated carbocycles. The van der Waals surface area contributed by atoms with E-state index in [1.54, 1.807) is 6.08 Å². The fourth-order valence-electron chi connectivity index (χ4n) is 5.85. The van der Waals surface area contributed by atoms with Gasteiger partial charge in [-0.15, -0.1) is 23.2 Å². The monoisotopic (exact) mass is 600 g/mol. The summed E-state index contributed by atoms with van der Waals surface area (Å²) in [4.78, 5) is 42.8. The van der Waals surface area contributed by atoms with Crippen molar-refractivity contribution in [1.82, 2.24) is 4.90 Å². The maximum Gasteiger partial charge on any atom is 0.246 e. The van der Waals surface area contributed by atoms with E-state index in [-0.39, 0.29) is 46.9 Å². The molecule has 0 radical (unpaired) electrons. The lowest BCUT2D eigenvalue weighted by atomic mass is 9.65. The zero-order valence-electron chi connectivity index (χ0n) is 18.5. The van der Waals surface area contributed by atoms with Crippen molar-refractivity contribution in [3.05, 3.63) is 51.1 Å². The van der Waals surface area contributed by atoms with Gasteiger partial charge in [-0.05, 0) is 90.1 Å². The van der Waals surface area contributed by atoms with E-state index in [2.05, 4.69) is 29.5 Å². The van der Waals surface area contributed by atoms with Crippen LogP contribution in [-0.4, -0.2) is 40.5 Å². The zero-order chi connectivity index (χ0) is 23.7. The lowest BCUT2D eigenvalue weighted by molar-refractivity contribution is -0.131. The Hall–Kier alpha value is -1.38. The second-order valence-corrected chi connectivity index (χ2v) is 11.0. The van der Waals surface area contributed by atoms with Crippen molar-refractivity contribution in [3.63, 3.8) is 0 Å². The third-order valence-electron chi connectivity index (χ3n) is 7.17. The SMILES string of the molecule is CCCC1=C2CN3C(=O)C=CC[C@@H]3C[C@H]2[C@H]2C(=O)N(c3ccc(I)cc3)C(=O)[C@H]2C1.ClCCl. The Morgan fingerprint density at radius 1 is 1.06 bits per heavy atom. The Labute approximate surface area is 218 Å². The van der Waals surface area contributed by atoms with Crippen LogP contribution in [0.4, 0.5) is 5.69 Å². The standard InChI is InChI=1S/C24H25IN2O3.CH2Cl2/c1-2-4-14-11-19-22(18-12-17-5-3-6-21(28)26(17)13-20(14)18)24(30)27(23(19)29)16-9-7-15(25)8-10-16;2-1-3/h3,6-10,17-19,22H,2,4-5,11-13H2,1H3;1H2/t17-,18-,19+,22-;/m1./s1. The summed E-state index contributed by atoms with van der Waals surface area (Å²) in [5.74, 6) is -0.541. The molecule has 176 valence electrons. The lowest BCUT2D eigenvalue weighted by Gasteiger charge is -2.47. The number of fused-ring (bicyclic) bond motifs is 4. The largest absolute Gasteiger partial charge is 0.332 e. The molecule has 1 aromatic rings. The highest BCUT2D eigenvalue weighted by molar-refractivity contribution is 14.1. The first-order chi connectivity index (χ1) is 15.9. The van der Waals surface area contributed by atoms with E-state index in [9.17, 15) is 14.4 Å². The number of anilines is 1. The van der Waals surface area contributed by atoms with Crippen molar-refractivity contribution in [2.45, 2.75) is 45.1 Å². The number of hydrogen-bond donors (Lipinski definition) is 0. The quantitative estimate of drug-likeness (QED) is 0.199. The Bertz CT molecular complexity index is 1010. The van der Waals surface area contributed by atoms with Gasteiger partial charge in [-0.3, -0.25) is 19.3 Å². The van der Waals surface area contributed by atoms with Gasteiger partial charge in [-0.2, -0.15) is 0 Å². The number of halogens is 3. The molecule has 0 spiro atoms. The summed E-state index contributed by atoms with van der Waals surface area (Å²) in [6.45, 7) is 2.76. The van der Waals surface area contributed by atoms with Gasteiger partial charge < -0.3 is 4.90 Å². The van der Waals surface area contributed by atoms with E-state index >= 15 is 0 Å². The molecule has 0 aromatic heterocycles. The highest BCUT2D eigenvalue weighted by Crippen LogP contribution is 2.51. The minimum Gasteiger partial charge on any atom is -0.332 e. The maximum atomic E-state index is 13.6. The van der Waals surface area contributed by atoms with E-state index in [0.29, 0.717) is 18.7 Å². The molecule has 5 nitrogen and oxygen atoms in total. The normalized spacial score (nSPS) is 28.3. The molecule has 33 heavy (non-hydrogen) atoms. The zero-order valence-corrected chi connectivity index (χ0v) is 22.1. The van der Waals surface area contributed by atoms with Crippen LogP contribution in [-0.2, 0) is 14.4 Å². The number of allylic oxidation sites excluding steroid dienone is 1. The number of carbonyl (C=O) groups is 3. The van der Waals surface area contributed by atoms with Crippen LogP contribution in [0, 0.1) is 21.3 Å². The average Bonchev–Trinajstić information content (AvgIpc) is 3.04. The van der Waals surface area contributed by atoms with Crippen LogP contribution in [0.15, 0.2) is 47.6 Å². The fourth-order valence-corrected chi connectivity index (χ4v) is 6.21. The van der Waals surface area contributed by atoms with Gasteiger partial charge in [0.2, 0.25) is 17.7 Å². The molecule has 0 N–H and O–H groups in total. The molecule has 4 aliphatic rings. The van der Waals surface area contributed by atoms with Crippen molar-refractivity contribution in [1.29, 1.82) is 0 Å². The number of piperidine rings is 1. The number of nitrogens with zero attached hydrogens (tertiary/aromatic N) is 2. The number of benzene rings is 1. The molecule has 1 aliphatic carbocycles. The molecular formula is C25H27Cl2IN2O3. The van der Waals surface area contributed by atoms with E-state index < -0.39 is 0 Å². The van der Waals surface area contributed by atoms with Crippen LogP contribution in [0.5, 0.6) is 0 Å². The van der Waals surface area contributed by atoms with E-state index in [1.807, 2.05) is 35.2 Å². The molecule has 0 bridgehead atoms. The van der Waals surface area contributed by atoms with Crippen LogP contribution in [0.2, 0.25) is 0 Å². The minimum atomic E-state index is -0.296. The Morgan fingerprint density at radius 2 is 1.76 bits per heavy atom. The highest BCUT2D eigenvalue weighted by atomic mass is 127. The number of imide groups is 1. The molecule has 3 amide bonds.